The van der Waals surface area contributed by atoms with Crippen LogP contribution in [0, 0.1) is 10.1 Å². The molecule has 0 unspecified atom stereocenters. The van der Waals surface area contributed by atoms with E-state index in [4.69, 9.17) is 0 Å². The van der Waals surface area contributed by atoms with Crippen LogP contribution in [0.3, 0.4) is 0 Å². The summed E-state index contributed by atoms with van der Waals surface area (Å²) >= 11 is 0. The summed E-state index contributed by atoms with van der Waals surface area (Å²) in [5, 5.41) is 19.3. The van der Waals surface area contributed by atoms with Gasteiger partial charge in [0, 0.05) is 42.9 Å². The molecule has 1 atom stereocenters. The Morgan fingerprint density at radius 3 is 2.73 bits per heavy atom. The highest BCUT2D eigenvalue weighted by Gasteiger charge is 2.28. The van der Waals surface area contributed by atoms with Gasteiger partial charge in [0.1, 0.15) is 5.82 Å². The SMILES string of the molecule is O=C(c1ccc([N+](=O)[O-])cc1)N1CCC[C@@H](c2nnc3ccccn23)C1. The molecule has 132 valence electrons. The van der Waals surface area contributed by atoms with E-state index >= 15 is 0 Å². The molecule has 3 heterocycles. The molecule has 1 aliphatic heterocycles. The minimum atomic E-state index is -0.471. The van der Waals surface area contributed by atoms with E-state index in [1.54, 1.807) is 4.90 Å². The van der Waals surface area contributed by atoms with E-state index in [1.165, 1.54) is 24.3 Å². The molecule has 2 aromatic heterocycles. The average Bonchev–Trinajstić information content (AvgIpc) is 3.12. The van der Waals surface area contributed by atoms with E-state index < -0.39 is 4.92 Å². The van der Waals surface area contributed by atoms with Crippen molar-refractivity contribution in [1.29, 1.82) is 0 Å². The van der Waals surface area contributed by atoms with Crippen molar-refractivity contribution >= 4 is 17.2 Å². The third-order valence-electron chi connectivity index (χ3n) is 4.74. The number of pyridine rings is 1. The third-order valence-corrected chi connectivity index (χ3v) is 4.74. The molecule has 0 bridgehead atoms. The number of hydrogen-bond donors (Lipinski definition) is 0. The number of carbonyl (C=O) groups is 1. The number of fused-ring (bicyclic) bond motifs is 1. The molecule has 0 spiro atoms. The van der Waals surface area contributed by atoms with Crippen molar-refractivity contribution in [1.82, 2.24) is 19.5 Å². The molecular formula is C18H17N5O3. The van der Waals surface area contributed by atoms with Crippen LogP contribution in [-0.4, -0.2) is 43.4 Å². The first-order chi connectivity index (χ1) is 12.6. The Kier molecular flexibility index (Phi) is 4.08. The second-order valence-corrected chi connectivity index (χ2v) is 6.38. The van der Waals surface area contributed by atoms with Crippen LogP contribution >= 0.6 is 0 Å². The Hall–Kier alpha value is -3.29. The molecule has 0 radical (unpaired) electrons. The zero-order valence-electron chi connectivity index (χ0n) is 14.0. The minimum absolute atomic E-state index is 0.0204. The smallest absolute Gasteiger partial charge is 0.269 e. The van der Waals surface area contributed by atoms with Crippen molar-refractivity contribution in [2.45, 2.75) is 18.8 Å². The van der Waals surface area contributed by atoms with Crippen LogP contribution in [0.25, 0.3) is 5.65 Å². The van der Waals surface area contributed by atoms with E-state index in [2.05, 4.69) is 10.2 Å². The number of nitro benzene ring substituents is 1. The number of non-ortho nitro benzene ring substituents is 1. The van der Waals surface area contributed by atoms with Gasteiger partial charge in [0.05, 0.1) is 4.92 Å². The lowest BCUT2D eigenvalue weighted by atomic mass is 9.96. The number of nitrogens with zero attached hydrogens (tertiary/aromatic N) is 5. The predicted octanol–water partition coefficient (Wildman–Crippen LogP) is 2.66. The number of rotatable bonds is 3. The highest BCUT2D eigenvalue weighted by Crippen LogP contribution is 2.27. The number of hydrogen-bond acceptors (Lipinski definition) is 5. The lowest BCUT2D eigenvalue weighted by Crippen LogP contribution is -2.39. The third kappa shape index (κ3) is 2.90. The standard InChI is InChI=1S/C18H17N5O3/c24-18(13-6-8-15(9-7-13)23(25)26)21-10-3-4-14(12-21)17-20-19-16-5-1-2-11-22(16)17/h1-2,5-9,11,14H,3-4,10,12H2/t14-/m1/s1. The topological polar surface area (TPSA) is 93.6 Å². The average molecular weight is 351 g/mol. The van der Waals surface area contributed by atoms with Crippen LogP contribution < -0.4 is 0 Å². The van der Waals surface area contributed by atoms with Gasteiger partial charge in [-0.25, -0.2) is 0 Å². The molecule has 8 heteroatoms. The summed E-state index contributed by atoms with van der Waals surface area (Å²) in [5.41, 5.74) is 1.23. The first kappa shape index (κ1) is 16.2. The molecule has 0 N–H and O–H groups in total. The number of likely N-dealkylation sites (tertiary alicyclic amines) is 1. The molecule has 1 amide bonds. The van der Waals surface area contributed by atoms with E-state index in [0.717, 1.165) is 24.3 Å². The predicted molar refractivity (Wildman–Crippen MR) is 94.0 cm³/mol. The molecular weight excluding hydrogens is 334 g/mol. The summed E-state index contributed by atoms with van der Waals surface area (Å²) in [7, 11) is 0. The number of benzene rings is 1. The highest BCUT2D eigenvalue weighted by molar-refractivity contribution is 5.94. The fraction of sp³-hybridized carbons (Fsp3) is 0.278. The van der Waals surface area contributed by atoms with Gasteiger partial charge in [-0.05, 0) is 37.1 Å². The van der Waals surface area contributed by atoms with E-state index in [-0.39, 0.29) is 17.5 Å². The number of carbonyl (C=O) groups excluding carboxylic acids is 1. The summed E-state index contributed by atoms with van der Waals surface area (Å²) in [6.45, 7) is 1.23. The van der Waals surface area contributed by atoms with E-state index in [0.29, 0.717) is 18.7 Å². The Morgan fingerprint density at radius 1 is 1.15 bits per heavy atom. The Balaban J connectivity index is 1.54. The summed E-state index contributed by atoms with van der Waals surface area (Å²) in [4.78, 5) is 24.9. The maximum atomic E-state index is 12.8. The fourth-order valence-electron chi connectivity index (χ4n) is 3.42. The van der Waals surface area contributed by atoms with Crippen LogP contribution in [0.1, 0.15) is 34.9 Å². The van der Waals surface area contributed by atoms with Crippen LogP contribution in [0.15, 0.2) is 48.7 Å². The van der Waals surface area contributed by atoms with Crippen LogP contribution in [0.4, 0.5) is 5.69 Å². The zero-order valence-corrected chi connectivity index (χ0v) is 14.0. The van der Waals surface area contributed by atoms with Gasteiger partial charge < -0.3 is 4.90 Å². The first-order valence-electron chi connectivity index (χ1n) is 8.47. The lowest BCUT2D eigenvalue weighted by molar-refractivity contribution is -0.384. The van der Waals surface area contributed by atoms with Gasteiger partial charge >= 0.3 is 0 Å². The van der Waals surface area contributed by atoms with Crippen molar-refractivity contribution in [2.24, 2.45) is 0 Å². The molecule has 8 nitrogen and oxygen atoms in total. The molecule has 26 heavy (non-hydrogen) atoms. The molecule has 0 aliphatic carbocycles. The molecule has 1 saturated heterocycles. The largest absolute Gasteiger partial charge is 0.338 e. The second-order valence-electron chi connectivity index (χ2n) is 6.38. The zero-order chi connectivity index (χ0) is 18.1. The van der Waals surface area contributed by atoms with Crippen molar-refractivity contribution in [3.05, 3.63) is 70.2 Å². The number of aromatic nitrogens is 3. The summed E-state index contributed by atoms with van der Waals surface area (Å²) in [6, 6.07) is 11.5. The molecule has 1 aromatic carbocycles. The maximum absolute atomic E-state index is 12.8. The lowest BCUT2D eigenvalue weighted by Gasteiger charge is -2.32. The van der Waals surface area contributed by atoms with E-state index in [9.17, 15) is 14.9 Å². The molecule has 1 fully saturated rings. The highest BCUT2D eigenvalue weighted by atomic mass is 16.6. The van der Waals surface area contributed by atoms with Crippen molar-refractivity contribution in [3.63, 3.8) is 0 Å². The number of nitro groups is 1. The Labute approximate surface area is 149 Å². The molecule has 3 aromatic rings. The first-order valence-corrected chi connectivity index (χ1v) is 8.47. The Morgan fingerprint density at radius 2 is 1.96 bits per heavy atom. The second kappa shape index (κ2) is 6.55. The Bertz CT molecular complexity index is 966. The summed E-state index contributed by atoms with van der Waals surface area (Å²) < 4.78 is 1.96. The quantitative estimate of drug-likeness (QED) is 0.534. The van der Waals surface area contributed by atoms with Crippen LogP contribution in [0.2, 0.25) is 0 Å². The summed E-state index contributed by atoms with van der Waals surface area (Å²) in [5.74, 6) is 0.864. The van der Waals surface area contributed by atoms with Crippen molar-refractivity contribution in [2.75, 3.05) is 13.1 Å². The van der Waals surface area contributed by atoms with Gasteiger partial charge in [0.2, 0.25) is 0 Å². The van der Waals surface area contributed by atoms with Crippen molar-refractivity contribution < 1.29 is 9.72 Å². The minimum Gasteiger partial charge on any atom is -0.338 e. The number of piperidine rings is 1. The van der Waals surface area contributed by atoms with Crippen LogP contribution in [-0.2, 0) is 0 Å². The van der Waals surface area contributed by atoms with Gasteiger partial charge in [-0.1, -0.05) is 6.07 Å². The fourth-order valence-corrected chi connectivity index (χ4v) is 3.42. The number of amides is 1. The molecule has 1 aliphatic rings. The summed E-state index contributed by atoms with van der Waals surface area (Å²) in [6.07, 6.45) is 3.76. The van der Waals surface area contributed by atoms with Gasteiger partial charge in [-0.2, -0.15) is 0 Å². The van der Waals surface area contributed by atoms with Crippen LogP contribution in [0.5, 0.6) is 0 Å². The normalized spacial score (nSPS) is 17.4. The molecule has 4 rings (SSSR count). The molecule has 0 saturated carbocycles. The van der Waals surface area contributed by atoms with Gasteiger partial charge in [0.25, 0.3) is 11.6 Å². The van der Waals surface area contributed by atoms with Gasteiger partial charge in [-0.15, -0.1) is 10.2 Å². The van der Waals surface area contributed by atoms with Crippen molar-refractivity contribution in [3.8, 4) is 0 Å². The monoisotopic (exact) mass is 351 g/mol. The van der Waals surface area contributed by atoms with E-state index in [1.807, 2.05) is 28.8 Å². The van der Waals surface area contributed by atoms with Gasteiger partial charge in [-0.3, -0.25) is 19.3 Å². The van der Waals surface area contributed by atoms with Gasteiger partial charge in [0.15, 0.2) is 5.65 Å². The maximum Gasteiger partial charge on any atom is 0.269 e.